The maximum absolute atomic E-state index is 12.3. The van der Waals surface area contributed by atoms with Crippen LogP contribution in [0.5, 0.6) is 0 Å². The van der Waals surface area contributed by atoms with Gasteiger partial charge in [-0.25, -0.2) is 4.98 Å². The topological polar surface area (TPSA) is 85.8 Å². The molecule has 1 N–H and O–H groups in total. The zero-order chi connectivity index (χ0) is 18.6. The van der Waals surface area contributed by atoms with E-state index in [0.717, 1.165) is 10.2 Å². The highest BCUT2D eigenvalue weighted by atomic mass is 32.2. The van der Waals surface area contributed by atoms with Crippen LogP contribution in [0.25, 0.3) is 21.8 Å². The van der Waals surface area contributed by atoms with E-state index in [1.165, 1.54) is 23.1 Å². The van der Waals surface area contributed by atoms with Crippen LogP contribution in [0.3, 0.4) is 0 Å². The Morgan fingerprint density at radius 3 is 2.96 bits per heavy atom. The molecule has 4 rings (SSSR count). The Labute approximate surface area is 163 Å². The predicted molar refractivity (Wildman–Crippen MR) is 107 cm³/mol. The maximum Gasteiger partial charge on any atom is 0.236 e. The normalized spacial score (nSPS) is 11.0. The Bertz CT molecular complexity index is 1050. The number of para-hydroxylation sites is 1. The maximum atomic E-state index is 12.3. The molecule has 3 aromatic heterocycles. The molecule has 0 atom stereocenters. The molecule has 136 valence electrons. The van der Waals surface area contributed by atoms with Gasteiger partial charge in [0, 0.05) is 6.54 Å². The third-order valence-corrected chi connectivity index (χ3v) is 5.56. The SMILES string of the molecule is C=CCn1c(SCC(=O)Nc2nc3ccccc3s2)nnc1-c1ccco1. The number of furan rings is 1. The number of anilines is 1. The minimum absolute atomic E-state index is 0.147. The first kappa shape index (κ1) is 17.5. The molecule has 0 unspecified atom stereocenters. The van der Waals surface area contributed by atoms with Crippen LogP contribution in [0, 0.1) is 0 Å². The Morgan fingerprint density at radius 2 is 2.19 bits per heavy atom. The molecule has 0 bridgehead atoms. The van der Waals surface area contributed by atoms with Crippen molar-refractivity contribution in [3.05, 3.63) is 55.3 Å². The van der Waals surface area contributed by atoms with Gasteiger partial charge in [0.15, 0.2) is 16.0 Å². The third-order valence-electron chi connectivity index (χ3n) is 3.64. The van der Waals surface area contributed by atoms with Crippen molar-refractivity contribution in [2.75, 3.05) is 11.1 Å². The summed E-state index contributed by atoms with van der Waals surface area (Å²) in [7, 11) is 0. The second-order valence-electron chi connectivity index (χ2n) is 5.51. The number of carbonyl (C=O) groups excluding carboxylic acids is 1. The van der Waals surface area contributed by atoms with Crippen molar-refractivity contribution >= 4 is 44.4 Å². The van der Waals surface area contributed by atoms with Gasteiger partial charge in [-0.05, 0) is 24.3 Å². The van der Waals surface area contributed by atoms with Gasteiger partial charge in [0.2, 0.25) is 11.7 Å². The quantitative estimate of drug-likeness (QED) is 0.374. The first-order chi connectivity index (χ1) is 13.2. The summed E-state index contributed by atoms with van der Waals surface area (Å²) in [6.07, 6.45) is 3.33. The van der Waals surface area contributed by atoms with E-state index in [1.807, 2.05) is 34.9 Å². The number of hydrogen-bond donors (Lipinski definition) is 1. The zero-order valence-electron chi connectivity index (χ0n) is 14.2. The summed E-state index contributed by atoms with van der Waals surface area (Å²) in [4.78, 5) is 16.7. The molecule has 0 spiro atoms. The standard InChI is InChI=1S/C18H15N5O2S2/c1-2-9-23-16(13-7-5-10-25-13)21-22-18(23)26-11-15(24)20-17-19-12-6-3-4-8-14(12)27-17/h2-8,10H,1,9,11H2,(H,19,20,24). The minimum atomic E-state index is -0.147. The van der Waals surface area contributed by atoms with Crippen molar-refractivity contribution in [3.8, 4) is 11.6 Å². The fourth-order valence-corrected chi connectivity index (χ4v) is 4.12. The average molecular weight is 397 g/mol. The lowest BCUT2D eigenvalue weighted by atomic mass is 10.3. The number of nitrogens with zero attached hydrogens (tertiary/aromatic N) is 4. The molecule has 1 aromatic carbocycles. The number of benzene rings is 1. The van der Waals surface area contributed by atoms with Crippen molar-refractivity contribution in [1.82, 2.24) is 19.7 Å². The largest absolute Gasteiger partial charge is 0.461 e. The summed E-state index contributed by atoms with van der Waals surface area (Å²) in [6.45, 7) is 4.29. The summed E-state index contributed by atoms with van der Waals surface area (Å²) in [5.41, 5.74) is 0.874. The molecule has 0 saturated heterocycles. The molecule has 7 nitrogen and oxygen atoms in total. The van der Waals surface area contributed by atoms with E-state index in [4.69, 9.17) is 4.42 Å². The van der Waals surface area contributed by atoms with E-state index in [9.17, 15) is 4.79 Å². The smallest absolute Gasteiger partial charge is 0.236 e. The highest BCUT2D eigenvalue weighted by Crippen LogP contribution is 2.27. The van der Waals surface area contributed by atoms with Crippen molar-refractivity contribution in [1.29, 1.82) is 0 Å². The van der Waals surface area contributed by atoms with Gasteiger partial charge in [0.25, 0.3) is 0 Å². The summed E-state index contributed by atoms with van der Waals surface area (Å²) in [5, 5.41) is 12.4. The van der Waals surface area contributed by atoms with E-state index in [2.05, 4.69) is 27.1 Å². The van der Waals surface area contributed by atoms with Gasteiger partial charge in [0.05, 0.1) is 22.2 Å². The number of hydrogen-bond acceptors (Lipinski definition) is 7. The van der Waals surface area contributed by atoms with E-state index in [0.29, 0.717) is 28.4 Å². The van der Waals surface area contributed by atoms with Gasteiger partial charge in [-0.3, -0.25) is 9.36 Å². The van der Waals surface area contributed by atoms with Crippen molar-refractivity contribution < 1.29 is 9.21 Å². The molecule has 0 radical (unpaired) electrons. The van der Waals surface area contributed by atoms with Crippen LogP contribution in [-0.2, 0) is 11.3 Å². The van der Waals surface area contributed by atoms with E-state index < -0.39 is 0 Å². The number of amides is 1. The first-order valence-corrected chi connectivity index (χ1v) is 9.91. The van der Waals surface area contributed by atoms with Gasteiger partial charge < -0.3 is 9.73 Å². The lowest BCUT2D eigenvalue weighted by molar-refractivity contribution is -0.113. The summed E-state index contributed by atoms with van der Waals surface area (Å²) >= 11 is 2.75. The molecule has 0 fully saturated rings. The summed E-state index contributed by atoms with van der Waals surface area (Å²) in [6, 6.07) is 11.4. The van der Waals surface area contributed by atoms with Crippen LogP contribution in [-0.4, -0.2) is 31.4 Å². The average Bonchev–Trinajstić information content (AvgIpc) is 3.39. The van der Waals surface area contributed by atoms with Gasteiger partial charge >= 0.3 is 0 Å². The highest BCUT2D eigenvalue weighted by molar-refractivity contribution is 7.99. The number of rotatable bonds is 7. The zero-order valence-corrected chi connectivity index (χ0v) is 15.8. The van der Waals surface area contributed by atoms with Crippen LogP contribution in [0.2, 0.25) is 0 Å². The number of thiazole rings is 1. The Hall–Kier alpha value is -2.91. The minimum Gasteiger partial charge on any atom is -0.461 e. The van der Waals surface area contributed by atoms with Gasteiger partial charge in [-0.1, -0.05) is 41.3 Å². The molecule has 0 aliphatic rings. The molecule has 27 heavy (non-hydrogen) atoms. The third kappa shape index (κ3) is 3.79. The Balaban J connectivity index is 1.45. The number of carbonyl (C=O) groups is 1. The number of fused-ring (bicyclic) bond motifs is 1. The lowest BCUT2D eigenvalue weighted by Gasteiger charge is -2.06. The molecule has 0 aliphatic heterocycles. The Morgan fingerprint density at radius 1 is 1.30 bits per heavy atom. The molecule has 9 heteroatoms. The number of allylic oxidation sites excluding steroid dienone is 1. The van der Waals surface area contributed by atoms with Crippen molar-refractivity contribution in [2.45, 2.75) is 11.7 Å². The van der Waals surface area contributed by atoms with Crippen LogP contribution >= 0.6 is 23.1 Å². The molecule has 1 amide bonds. The fraction of sp³-hybridized carbons (Fsp3) is 0.111. The van der Waals surface area contributed by atoms with E-state index in [-0.39, 0.29) is 11.7 Å². The Kier molecular flexibility index (Phi) is 5.03. The summed E-state index contributed by atoms with van der Waals surface area (Å²) < 4.78 is 8.30. The van der Waals surface area contributed by atoms with Crippen LogP contribution in [0.4, 0.5) is 5.13 Å². The molecular weight excluding hydrogens is 382 g/mol. The molecule has 4 aromatic rings. The van der Waals surface area contributed by atoms with Crippen molar-refractivity contribution in [3.63, 3.8) is 0 Å². The molecule has 3 heterocycles. The van der Waals surface area contributed by atoms with Crippen LogP contribution < -0.4 is 5.32 Å². The van der Waals surface area contributed by atoms with Gasteiger partial charge in [-0.2, -0.15) is 0 Å². The number of aromatic nitrogens is 4. The van der Waals surface area contributed by atoms with Gasteiger partial charge in [0.1, 0.15) is 0 Å². The van der Waals surface area contributed by atoms with Crippen molar-refractivity contribution in [2.24, 2.45) is 0 Å². The fourth-order valence-electron chi connectivity index (χ4n) is 2.49. The second-order valence-corrected chi connectivity index (χ2v) is 7.48. The molecule has 0 saturated carbocycles. The lowest BCUT2D eigenvalue weighted by Crippen LogP contribution is -2.14. The van der Waals surface area contributed by atoms with Crippen LogP contribution in [0.15, 0.2) is 64.9 Å². The number of nitrogens with one attached hydrogen (secondary N) is 1. The predicted octanol–water partition coefficient (Wildman–Crippen LogP) is 4.06. The van der Waals surface area contributed by atoms with E-state index >= 15 is 0 Å². The molecular formula is C18H15N5O2S2. The van der Waals surface area contributed by atoms with Crippen LogP contribution in [0.1, 0.15) is 0 Å². The van der Waals surface area contributed by atoms with E-state index in [1.54, 1.807) is 18.4 Å². The number of thioether (sulfide) groups is 1. The monoisotopic (exact) mass is 397 g/mol. The summed E-state index contributed by atoms with van der Waals surface area (Å²) in [5.74, 6) is 1.28. The second kappa shape index (κ2) is 7.77. The highest BCUT2D eigenvalue weighted by Gasteiger charge is 2.17. The first-order valence-electron chi connectivity index (χ1n) is 8.11. The van der Waals surface area contributed by atoms with Gasteiger partial charge in [-0.15, -0.1) is 16.8 Å². The molecule has 0 aliphatic carbocycles.